The first-order valence-electron chi connectivity index (χ1n) is 7.14. The van der Waals surface area contributed by atoms with E-state index in [1.807, 2.05) is 0 Å². The maximum atomic E-state index is 3.70. The zero-order valence-corrected chi connectivity index (χ0v) is 11.2. The van der Waals surface area contributed by atoms with Crippen molar-refractivity contribution in [3.05, 3.63) is 35.0 Å². The summed E-state index contributed by atoms with van der Waals surface area (Å²) < 4.78 is 0. The number of rotatable bonds is 1. The van der Waals surface area contributed by atoms with Crippen LogP contribution in [0, 0.1) is 6.92 Å². The molecule has 3 heterocycles. The van der Waals surface area contributed by atoms with Gasteiger partial charge in [0.1, 0.15) is 0 Å². The molecule has 2 aromatic rings. The Morgan fingerprint density at radius 1 is 1.39 bits per heavy atom. The Balaban J connectivity index is 2.01. The summed E-state index contributed by atoms with van der Waals surface area (Å²) in [6, 6.07) is 7.44. The van der Waals surface area contributed by atoms with E-state index >= 15 is 0 Å². The minimum atomic E-state index is 0.617. The molecular formula is C16H20N2. The van der Waals surface area contributed by atoms with Crippen LogP contribution < -0.4 is 0 Å². The van der Waals surface area contributed by atoms with Crippen LogP contribution in [0.5, 0.6) is 0 Å². The molecule has 1 N–H and O–H groups in total. The van der Waals surface area contributed by atoms with Crippen LogP contribution in [0.15, 0.2) is 18.2 Å². The number of nitrogens with zero attached hydrogens (tertiary/aromatic N) is 1. The predicted octanol–water partition coefficient (Wildman–Crippen LogP) is 3.73. The Hall–Kier alpha value is -1.28. The summed E-state index contributed by atoms with van der Waals surface area (Å²) >= 11 is 0. The van der Waals surface area contributed by atoms with Gasteiger partial charge in [0.05, 0.1) is 0 Å². The average Bonchev–Trinajstić information content (AvgIpc) is 2.93. The minimum absolute atomic E-state index is 0.617. The average molecular weight is 240 g/mol. The van der Waals surface area contributed by atoms with Gasteiger partial charge in [-0.05, 0) is 44.0 Å². The zero-order chi connectivity index (χ0) is 12.3. The fourth-order valence-electron chi connectivity index (χ4n) is 4.00. The van der Waals surface area contributed by atoms with Crippen LogP contribution in [0.4, 0.5) is 0 Å². The Bertz CT molecular complexity index is 611. The van der Waals surface area contributed by atoms with Crippen molar-refractivity contribution in [1.29, 1.82) is 0 Å². The highest BCUT2D eigenvalue weighted by Gasteiger charge is 2.39. The molecule has 2 heteroatoms. The van der Waals surface area contributed by atoms with Gasteiger partial charge in [-0.1, -0.05) is 18.6 Å². The van der Waals surface area contributed by atoms with Crippen molar-refractivity contribution >= 4 is 10.9 Å². The van der Waals surface area contributed by atoms with Gasteiger partial charge in [-0.3, -0.25) is 4.90 Å². The maximum Gasteiger partial charge on any atom is 0.0499 e. The summed E-state index contributed by atoms with van der Waals surface area (Å²) in [5.74, 6) is 0.762. The van der Waals surface area contributed by atoms with Crippen molar-refractivity contribution in [1.82, 2.24) is 9.88 Å². The number of H-pyrrole nitrogens is 1. The van der Waals surface area contributed by atoms with Gasteiger partial charge < -0.3 is 4.98 Å². The monoisotopic (exact) mass is 240 g/mol. The molecule has 2 aliphatic rings. The number of aryl methyl sites for hydroxylation is 1. The number of fused-ring (bicyclic) bond motifs is 6. The van der Waals surface area contributed by atoms with Gasteiger partial charge in [-0.2, -0.15) is 0 Å². The molecule has 94 valence electrons. The van der Waals surface area contributed by atoms with Gasteiger partial charge in [-0.15, -0.1) is 0 Å². The smallest absolute Gasteiger partial charge is 0.0499 e. The highest BCUT2D eigenvalue weighted by atomic mass is 15.2. The van der Waals surface area contributed by atoms with E-state index in [1.165, 1.54) is 48.1 Å². The normalized spacial score (nSPS) is 29.8. The molecule has 0 radical (unpaired) electrons. The third-order valence-electron chi connectivity index (χ3n) is 4.81. The fraction of sp³-hybridized carbons (Fsp3) is 0.500. The van der Waals surface area contributed by atoms with E-state index in [9.17, 15) is 0 Å². The zero-order valence-electron chi connectivity index (χ0n) is 11.2. The molecule has 1 fully saturated rings. The number of aromatic amines is 1. The first kappa shape index (κ1) is 10.6. The third-order valence-corrected chi connectivity index (χ3v) is 4.81. The summed E-state index contributed by atoms with van der Waals surface area (Å²) in [4.78, 5) is 6.37. The van der Waals surface area contributed by atoms with Gasteiger partial charge in [0.25, 0.3) is 0 Å². The summed E-state index contributed by atoms with van der Waals surface area (Å²) in [6.07, 6.45) is 2.55. The second-order valence-electron chi connectivity index (χ2n) is 5.91. The van der Waals surface area contributed by atoms with E-state index in [1.54, 1.807) is 5.56 Å². The van der Waals surface area contributed by atoms with Crippen molar-refractivity contribution < 1.29 is 0 Å². The molecular weight excluding hydrogens is 220 g/mol. The van der Waals surface area contributed by atoms with E-state index < -0.39 is 0 Å². The molecule has 0 spiro atoms. The molecule has 4 rings (SSSR count). The summed E-state index contributed by atoms with van der Waals surface area (Å²) in [5.41, 5.74) is 5.84. The number of hydrogen-bond acceptors (Lipinski definition) is 1. The molecule has 0 saturated carbocycles. The lowest BCUT2D eigenvalue weighted by atomic mass is 9.89. The van der Waals surface area contributed by atoms with E-state index in [4.69, 9.17) is 0 Å². The highest BCUT2D eigenvalue weighted by Crippen LogP contribution is 2.46. The molecule has 1 aromatic heterocycles. The molecule has 1 aromatic carbocycles. The number of benzene rings is 1. The summed E-state index contributed by atoms with van der Waals surface area (Å²) in [5, 5.41) is 1.48. The lowest BCUT2D eigenvalue weighted by Crippen LogP contribution is -2.30. The van der Waals surface area contributed by atoms with Gasteiger partial charge in [0.15, 0.2) is 0 Å². The van der Waals surface area contributed by atoms with Crippen LogP contribution in [-0.2, 0) is 0 Å². The first-order chi connectivity index (χ1) is 8.78. The Morgan fingerprint density at radius 3 is 3.11 bits per heavy atom. The van der Waals surface area contributed by atoms with Gasteiger partial charge >= 0.3 is 0 Å². The maximum absolute atomic E-state index is 3.70. The number of nitrogens with one attached hydrogen (secondary N) is 1. The Labute approximate surface area is 108 Å². The Morgan fingerprint density at radius 2 is 2.28 bits per heavy atom. The molecule has 0 aliphatic carbocycles. The summed E-state index contributed by atoms with van der Waals surface area (Å²) in [7, 11) is 0. The largest absolute Gasteiger partial charge is 0.357 e. The summed E-state index contributed by atoms with van der Waals surface area (Å²) in [6.45, 7) is 7.05. The van der Waals surface area contributed by atoms with Crippen molar-refractivity contribution in [3.63, 3.8) is 0 Å². The van der Waals surface area contributed by atoms with Crippen LogP contribution in [0.1, 0.15) is 48.5 Å². The van der Waals surface area contributed by atoms with Crippen LogP contribution in [-0.4, -0.2) is 23.0 Å². The lowest BCUT2D eigenvalue weighted by molar-refractivity contribution is 0.221. The van der Waals surface area contributed by atoms with Crippen LogP contribution in [0.25, 0.3) is 10.9 Å². The molecule has 2 bridgehead atoms. The SMILES string of the molecule is CCC1c2[nH]c3ccc(C)cc3c2C2CCN1C2. The third kappa shape index (κ3) is 1.27. The predicted molar refractivity (Wildman–Crippen MR) is 75.0 cm³/mol. The van der Waals surface area contributed by atoms with Crippen molar-refractivity contribution in [2.24, 2.45) is 0 Å². The van der Waals surface area contributed by atoms with E-state index in [0.29, 0.717) is 6.04 Å². The van der Waals surface area contributed by atoms with Crippen molar-refractivity contribution in [2.75, 3.05) is 13.1 Å². The van der Waals surface area contributed by atoms with E-state index in [-0.39, 0.29) is 0 Å². The second-order valence-corrected chi connectivity index (χ2v) is 5.91. The highest BCUT2D eigenvalue weighted by molar-refractivity contribution is 5.86. The standard InChI is InChI=1S/C16H20N2/c1-3-14-16-15(11-6-7-18(14)9-11)12-8-10(2)4-5-13(12)17-16/h4-5,8,11,14,17H,3,6-7,9H2,1-2H3. The molecule has 0 amide bonds. The minimum Gasteiger partial charge on any atom is -0.357 e. The molecule has 2 aliphatic heterocycles. The van der Waals surface area contributed by atoms with Crippen LogP contribution in [0.2, 0.25) is 0 Å². The lowest BCUT2D eigenvalue weighted by Gasteiger charge is -2.31. The molecule has 1 saturated heterocycles. The fourth-order valence-corrected chi connectivity index (χ4v) is 4.00. The van der Waals surface area contributed by atoms with Crippen LogP contribution in [0.3, 0.4) is 0 Å². The number of hydrogen-bond donors (Lipinski definition) is 1. The van der Waals surface area contributed by atoms with Gasteiger partial charge in [0.2, 0.25) is 0 Å². The molecule has 3 unspecified atom stereocenters. The second kappa shape index (κ2) is 3.61. The van der Waals surface area contributed by atoms with Gasteiger partial charge in [-0.25, -0.2) is 0 Å². The molecule has 2 nitrogen and oxygen atoms in total. The first-order valence-corrected chi connectivity index (χ1v) is 7.14. The number of aromatic nitrogens is 1. The van der Waals surface area contributed by atoms with Crippen LogP contribution >= 0.6 is 0 Å². The topological polar surface area (TPSA) is 19.0 Å². The quantitative estimate of drug-likeness (QED) is 0.804. The Kier molecular flexibility index (Phi) is 2.13. The van der Waals surface area contributed by atoms with Crippen molar-refractivity contribution in [3.8, 4) is 0 Å². The van der Waals surface area contributed by atoms with E-state index in [0.717, 1.165) is 5.92 Å². The molecule has 3 atom stereocenters. The van der Waals surface area contributed by atoms with E-state index in [2.05, 4.69) is 41.9 Å². The van der Waals surface area contributed by atoms with Crippen molar-refractivity contribution in [2.45, 2.75) is 38.6 Å². The molecule has 18 heavy (non-hydrogen) atoms. The van der Waals surface area contributed by atoms with Gasteiger partial charge in [0, 0.05) is 35.1 Å².